The van der Waals surface area contributed by atoms with Gasteiger partial charge in [-0.1, -0.05) is 0 Å². The lowest BCUT2D eigenvalue weighted by atomic mass is 10.2. The van der Waals surface area contributed by atoms with Crippen molar-refractivity contribution >= 4 is 10.8 Å². The van der Waals surface area contributed by atoms with Crippen LogP contribution in [-0.2, 0) is 17.3 Å². The average molecular weight is 251 g/mol. The normalized spacial score (nSPS) is 12.8. The van der Waals surface area contributed by atoms with Gasteiger partial charge in [0.2, 0.25) is 0 Å². The standard InChI is InChI=1S/C10H12F3NOS/c1-16(15)3-2-14-6-7-4-8(11)10(13)9(12)5-7/h4-5,14H,2-3,6H2,1H3. The highest BCUT2D eigenvalue weighted by molar-refractivity contribution is 7.84. The molecule has 90 valence electrons. The van der Waals surface area contributed by atoms with Gasteiger partial charge in [0.25, 0.3) is 0 Å². The predicted octanol–water partition coefficient (Wildman–Crippen LogP) is 1.57. The molecule has 0 aliphatic carbocycles. The number of hydrogen-bond acceptors (Lipinski definition) is 2. The summed E-state index contributed by atoms with van der Waals surface area (Å²) in [5.41, 5.74) is 0.318. The van der Waals surface area contributed by atoms with Crippen molar-refractivity contribution in [3.63, 3.8) is 0 Å². The summed E-state index contributed by atoms with van der Waals surface area (Å²) in [4.78, 5) is 0. The number of benzene rings is 1. The summed E-state index contributed by atoms with van der Waals surface area (Å²) < 4.78 is 48.9. The highest BCUT2D eigenvalue weighted by atomic mass is 32.2. The van der Waals surface area contributed by atoms with Crippen LogP contribution in [0, 0.1) is 17.5 Å². The second-order valence-corrected chi connectivity index (χ2v) is 4.88. The summed E-state index contributed by atoms with van der Waals surface area (Å²) in [5, 5.41) is 2.86. The van der Waals surface area contributed by atoms with E-state index in [1.165, 1.54) is 0 Å². The molecular formula is C10H12F3NOS. The Hall–Kier alpha value is -0.880. The van der Waals surface area contributed by atoms with Crippen LogP contribution in [0.3, 0.4) is 0 Å². The van der Waals surface area contributed by atoms with Gasteiger partial charge >= 0.3 is 0 Å². The zero-order valence-electron chi connectivity index (χ0n) is 8.73. The molecule has 1 unspecified atom stereocenters. The summed E-state index contributed by atoms with van der Waals surface area (Å²) in [6.45, 7) is 0.690. The van der Waals surface area contributed by atoms with Crippen molar-refractivity contribution in [2.75, 3.05) is 18.6 Å². The Morgan fingerprint density at radius 2 is 1.81 bits per heavy atom. The highest BCUT2D eigenvalue weighted by Gasteiger charge is 2.09. The fraction of sp³-hybridized carbons (Fsp3) is 0.400. The molecule has 1 aromatic rings. The molecule has 0 saturated carbocycles. The summed E-state index contributed by atoms with van der Waals surface area (Å²) in [5.74, 6) is -3.39. The minimum Gasteiger partial charge on any atom is -0.312 e. The first-order chi connectivity index (χ1) is 7.50. The lowest BCUT2D eigenvalue weighted by molar-refractivity contribution is 0.444. The molecule has 1 atom stereocenters. The molecule has 0 aliphatic rings. The van der Waals surface area contributed by atoms with E-state index in [0.29, 0.717) is 17.9 Å². The van der Waals surface area contributed by atoms with Crippen molar-refractivity contribution in [2.45, 2.75) is 6.54 Å². The molecule has 1 rings (SSSR count). The van der Waals surface area contributed by atoms with E-state index < -0.39 is 28.3 Å². The molecule has 0 aromatic heterocycles. The van der Waals surface area contributed by atoms with Gasteiger partial charge in [0.05, 0.1) is 0 Å². The minimum absolute atomic E-state index is 0.214. The zero-order valence-corrected chi connectivity index (χ0v) is 9.54. The SMILES string of the molecule is CS(=O)CCNCc1cc(F)c(F)c(F)c1. The highest BCUT2D eigenvalue weighted by Crippen LogP contribution is 2.13. The number of halogens is 3. The molecule has 0 radical (unpaired) electrons. The molecular weight excluding hydrogens is 239 g/mol. The van der Waals surface area contributed by atoms with E-state index in [9.17, 15) is 17.4 Å². The molecule has 0 bridgehead atoms. The molecule has 0 heterocycles. The summed E-state index contributed by atoms with van der Waals surface area (Å²) >= 11 is 0. The largest absolute Gasteiger partial charge is 0.312 e. The van der Waals surface area contributed by atoms with Gasteiger partial charge in [0.1, 0.15) is 0 Å². The Bertz CT molecular complexity index is 375. The van der Waals surface area contributed by atoms with Gasteiger partial charge in [-0.15, -0.1) is 0 Å². The first-order valence-electron chi connectivity index (χ1n) is 4.65. The summed E-state index contributed by atoms with van der Waals surface area (Å²) in [6, 6.07) is 1.88. The first-order valence-corrected chi connectivity index (χ1v) is 6.37. The molecule has 1 aromatic carbocycles. The zero-order chi connectivity index (χ0) is 12.1. The van der Waals surface area contributed by atoms with Crippen LogP contribution in [0.25, 0.3) is 0 Å². The molecule has 0 aliphatic heterocycles. The Morgan fingerprint density at radius 3 is 2.31 bits per heavy atom. The molecule has 1 N–H and O–H groups in total. The molecule has 0 amide bonds. The quantitative estimate of drug-likeness (QED) is 0.636. The summed E-state index contributed by atoms with van der Waals surface area (Å²) in [7, 11) is -0.907. The Morgan fingerprint density at radius 1 is 1.25 bits per heavy atom. The second-order valence-electron chi connectivity index (χ2n) is 3.33. The van der Waals surface area contributed by atoms with Crippen LogP contribution in [0.2, 0.25) is 0 Å². The van der Waals surface area contributed by atoms with Crippen molar-refractivity contribution < 1.29 is 17.4 Å². The van der Waals surface area contributed by atoms with E-state index >= 15 is 0 Å². The fourth-order valence-corrected chi connectivity index (χ4v) is 1.59. The van der Waals surface area contributed by atoms with Crippen molar-refractivity contribution in [2.24, 2.45) is 0 Å². The molecule has 6 heteroatoms. The fourth-order valence-electron chi connectivity index (χ4n) is 1.16. The second kappa shape index (κ2) is 6.00. The lowest BCUT2D eigenvalue weighted by Crippen LogP contribution is -2.19. The van der Waals surface area contributed by atoms with E-state index in [0.717, 1.165) is 12.1 Å². The van der Waals surface area contributed by atoms with E-state index in [1.807, 2.05) is 0 Å². The molecule has 16 heavy (non-hydrogen) atoms. The number of nitrogens with one attached hydrogen (secondary N) is 1. The number of hydrogen-bond donors (Lipinski definition) is 1. The lowest BCUT2D eigenvalue weighted by Gasteiger charge is -2.05. The van der Waals surface area contributed by atoms with Gasteiger partial charge in [-0.05, 0) is 17.7 Å². The van der Waals surface area contributed by atoms with Crippen LogP contribution in [0.1, 0.15) is 5.56 Å². The maximum atomic E-state index is 12.8. The van der Waals surface area contributed by atoms with Crippen molar-refractivity contribution in [1.29, 1.82) is 0 Å². The maximum absolute atomic E-state index is 12.8. The van der Waals surface area contributed by atoms with Crippen LogP contribution >= 0.6 is 0 Å². The van der Waals surface area contributed by atoms with E-state index in [4.69, 9.17) is 0 Å². The van der Waals surface area contributed by atoms with Gasteiger partial charge in [-0.3, -0.25) is 4.21 Å². The third-order valence-electron chi connectivity index (χ3n) is 1.94. The molecule has 0 spiro atoms. The van der Waals surface area contributed by atoms with Gasteiger partial charge in [0, 0.05) is 35.9 Å². The minimum atomic E-state index is -1.46. The topological polar surface area (TPSA) is 29.1 Å². The predicted molar refractivity (Wildman–Crippen MR) is 57.0 cm³/mol. The summed E-state index contributed by atoms with van der Waals surface area (Å²) in [6.07, 6.45) is 1.57. The van der Waals surface area contributed by atoms with Crippen LogP contribution in [0.4, 0.5) is 13.2 Å². The average Bonchev–Trinajstić information content (AvgIpc) is 2.20. The molecule has 2 nitrogen and oxygen atoms in total. The van der Waals surface area contributed by atoms with E-state index in [2.05, 4.69) is 5.32 Å². The monoisotopic (exact) mass is 251 g/mol. The van der Waals surface area contributed by atoms with Crippen LogP contribution < -0.4 is 5.32 Å². The Kier molecular flexibility index (Phi) is 4.95. The van der Waals surface area contributed by atoms with Crippen LogP contribution in [-0.4, -0.2) is 22.8 Å². The van der Waals surface area contributed by atoms with Crippen LogP contribution in [0.5, 0.6) is 0 Å². The van der Waals surface area contributed by atoms with Gasteiger partial charge in [-0.25, -0.2) is 13.2 Å². The first kappa shape index (κ1) is 13.2. The Labute approximate surface area is 94.3 Å². The number of rotatable bonds is 5. The van der Waals surface area contributed by atoms with Crippen molar-refractivity contribution in [3.05, 3.63) is 35.1 Å². The van der Waals surface area contributed by atoms with Gasteiger partial charge < -0.3 is 5.32 Å². The van der Waals surface area contributed by atoms with Crippen molar-refractivity contribution in [1.82, 2.24) is 5.32 Å². The third-order valence-corrected chi connectivity index (χ3v) is 2.72. The molecule has 0 saturated heterocycles. The van der Waals surface area contributed by atoms with Crippen LogP contribution in [0.15, 0.2) is 12.1 Å². The molecule has 0 fully saturated rings. The van der Waals surface area contributed by atoms with Crippen molar-refractivity contribution in [3.8, 4) is 0 Å². The maximum Gasteiger partial charge on any atom is 0.194 e. The van der Waals surface area contributed by atoms with E-state index in [1.54, 1.807) is 6.26 Å². The van der Waals surface area contributed by atoms with Gasteiger partial charge in [-0.2, -0.15) is 0 Å². The van der Waals surface area contributed by atoms with E-state index in [-0.39, 0.29) is 6.54 Å². The third kappa shape index (κ3) is 3.94. The smallest absolute Gasteiger partial charge is 0.194 e. The van der Waals surface area contributed by atoms with Gasteiger partial charge in [0.15, 0.2) is 17.5 Å². The Balaban J connectivity index is 2.52.